The van der Waals surface area contributed by atoms with Crippen LogP contribution in [0, 0.1) is 11.6 Å². The van der Waals surface area contributed by atoms with Crippen LogP contribution in [0.2, 0.25) is 0 Å². The molecule has 33 heavy (non-hydrogen) atoms. The average Bonchev–Trinajstić information content (AvgIpc) is 2.82. The molecule has 10 heteroatoms. The zero-order valence-corrected chi connectivity index (χ0v) is 19.5. The number of anilines is 1. The number of amides is 3. The van der Waals surface area contributed by atoms with Crippen molar-refractivity contribution in [2.75, 3.05) is 37.5 Å². The van der Waals surface area contributed by atoms with Gasteiger partial charge in [-0.1, -0.05) is 6.07 Å². The smallest absolute Gasteiger partial charge is 0.251 e. The van der Waals surface area contributed by atoms with Crippen LogP contribution in [0.5, 0.6) is 5.75 Å². The quantitative estimate of drug-likeness (QED) is 0.516. The van der Waals surface area contributed by atoms with Crippen LogP contribution in [-0.4, -0.2) is 60.9 Å². The maximum atomic E-state index is 13.8. The van der Waals surface area contributed by atoms with Crippen molar-refractivity contribution in [1.29, 1.82) is 0 Å². The van der Waals surface area contributed by atoms with E-state index in [2.05, 4.69) is 10.6 Å². The molecule has 0 fully saturated rings. The molecule has 0 heterocycles. The van der Waals surface area contributed by atoms with Gasteiger partial charge in [-0.25, -0.2) is 8.78 Å². The lowest BCUT2D eigenvalue weighted by atomic mass is 10.1. The summed E-state index contributed by atoms with van der Waals surface area (Å²) in [6.45, 7) is 1.42. The summed E-state index contributed by atoms with van der Waals surface area (Å²) in [7, 11) is 1.52. The van der Waals surface area contributed by atoms with Crippen LogP contribution in [-0.2, 0) is 9.59 Å². The Bertz CT molecular complexity index is 952. The number of nitrogens with one attached hydrogen (secondary N) is 2. The highest BCUT2D eigenvalue weighted by molar-refractivity contribution is 7.98. The van der Waals surface area contributed by atoms with Gasteiger partial charge < -0.3 is 20.3 Å². The highest BCUT2D eigenvalue weighted by Gasteiger charge is 2.27. The van der Waals surface area contributed by atoms with Gasteiger partial charge in [0.05, 0.1) is 13.7 Å². The minimum Gasteiger partial charge on any atom is -0.497 e. The van der Waals surface area contributed by atoms with Crippen LogP contribution in [0.15, 0.2) is 42.5 Å². The fourth-order valence-electron chi connectivity index (χ4n) is 3.01. The molecule has 0 saturated heterocycles. The molecule has 0 bridgehead atoms. The van der Waals surface area contributed by atoms with E-state index < -0.39 is 47.6 Å². The molecule has 178 valence electrons. The summed E-state index contributed by atoms with van der Waals surface area (Å²) in [6.07, 6.45) is 2.22. The second-order valence-electron chi connectivity index (χ2n) is 7.03. The molecule has 2 rings (SSSR count). The number of carbonyl (C=O) groups is 3. The number of likely N-dealkylation sites (N-methyl/N-ethyl adjacent to an activating group) is 1. The predicted molar refractivity (Wildman–Crippen MR) is 124 cm³/mol. The number of benzene rings is 2. The Hall–Kier alpha value is -3.14. The molecular weight excluding hydrogens is 452 g/mol. The van der Waals surface area contributed by atoms with Gasteiger partial charge in [0.15, 0.2) is 0 Å². The number of ether oxygens (including phenoxy) is 1. The van der Waals surface area contributed by atoms with E-state index in [0.29, 0.717) is 23.5 Å². The highest BCUT2D eigenvalue weighted by Crippen LogP contribution is 2.18. The standard InChI is InChI=1S/C23H27F2N3O4S/c1-4-28(14-20(29)27-21-17(24)6-5-7-18(21)25)23(31)19(12-13-33-3)26-22(30)15-8-10-16(32-2)11-9-15/h5-11,19H,4,12-14H2,1-3H3,(H,26,30)(H,27,29)/t19-/m1/s1. The molecular formula is C23H27F2N3O4S. The Balaban J connectivity index is 2.10. The summed E-state index contributed by atoms with van der Waals surface area (Å²) in [5.41, 5.74) is -0.216. The number of para-hydroxylation sites is 1. The molecule has 0 saturated carbocycles. The lowest BCUT2D eigenvalue weighted by Gasteiger charge is -2.26. The molecule has 2 N–H and O–H groups in total. The molecule has 0 aromatic heterocycles. The Morgan fingerprint density at radius 2 is 1.73 bits per heavy atom. The Morgan fingerprint density at radius 3 is 2.27 bits per heavy atom. The first kappa shape index (κ1) is 26.1. The number of methoxy groups -OCH3 is 1. The van der Waals surface area contributed by atoms with E-state index in [-0.39, 0.29) is 6.54 Å². The number of halogens is 2. The van der Waals surface area contributed by atoms with Gasteiger partial charge in [0.1, 0.15) is 29.1 Å². The summed E-state index contributed by atoms with van der Waals surface area (Å²) in [5, 5.41) is 4.90. The Morgan fingerprint density at radius 1 is 1.09 bits per heavy atom. The minimum absolute atomic E-state index is 0.167. The van der Waals surface area contributed by atoms with Crippen LogP contribution in [0.25, 0.3) is 0 Å². The zero-order chi connectivity index (χ0) is 24.4. The summed E-state index contributed by atoms with van der Waals surface area (Å²) in [5.74, 6) is -2.28. The minimum atomic E-state index is -0.915. The molecule has 2 aromatic carbocycles. The van der Waals surface area contributed by atoms with Crippen molar-refractivity contribution in [2.45, 2.75) is 19.4 Å². The maximum absolute atomic E-state index is 13.8. The summed E-state index contributed by atoms with van der Waals surface area (Å²) < 4.78 is 32.7. The molecule has 0 radical (unpaired) electrons. The number of carbonyl (C=O) groups excluding carboxylic acids is 3. The van der Waals surface area contributed by atoms with Crippen molar-refractivity contribution in [1.82, 2.24) is 10.2 Å². The van der Waals surface area contributed by atoms with Crippen molar-refractivity contribution in [2.24, 2.45) is 0 Å². The normalized spacial score (nSPS) is 11.4. The molecule has 2 aromatic rings. The summed E-state index contributed by atoms with van der Waals surface area (Å²) >= 11 is 1.51. The first-order valence-corrected chi connectivity index (χ1v) is 11.7. The Labute approximate surface area is 195 Å². The Kier molecular flexibility index (Phi) is 10.1. The molecule has 7 nitrogen and oxygen atoms in total. The van der Waals surface area contributed by atoms with Crippen molar-refractivity contribution in [3.8, 4) is 5.75 Å². The van der Waals surface area contributed by atoms with Crippen LogP contribution in [0.3, 0.4) is 0 Å². The molecule has 0 aliphatic heterocycles. The molecule has 0 aliphatic carbocycles. The highest BCUT2D eigenvalue weighted by atomic mass is 32.2. The molecule has 0 aliphatic rings. The number of thioether (sulfide) groups is 1. The van der Waals surface area contributed by atoms with Crippen LogP contribution >= 0.6 is 11.8 Å². The molecule has 0 spiro atoms. The molecule has 1 atom stereocenters. The number of hydrogen-bond acceptors (Lipinski definition) is 5. The van der Waals surface area contributed by atoms with Crippen molar-refractivity contribution < 1.29 is 27.9 Å². The second kappa shape index (κ2) is 12.8. The van der Waals surface area contributed by atoms with Crippen LogP contribution in [0.1, 0.15) is 23.7 Å². The maximum Gasteiger partial charge on any atom is 0.251 e. The number of rotatable bonds is 11. The van der Waals surface area contributed by atoms with Gasteiger partial charge >= 0.3 is 0 Å². The van der Waals surface area contributed by atoms with Gasteiger partial charge in [-0.2, -0.15) is 11.8 Å². The third kappa shape index (κ3) is 7.45. The monoisotopic (exact) mass is 479 g/mol. The summed E-state index contributed by atoms with van der Waals surface area (Å²) in [4.78, 5) is 39.4. The fourth-order valence-corrected chi connectivity index (χ4v) is 3.48. The average molecular weight is 480 g/mol. The summed E-state index contributed by atoms with van der Waals surface area (Å²) in [6, 6.07) is 8.80. The SMILES string of the molecule is CCN(CC(=O)Nc1c(F)cccc1F)C(=O)[C@@H](CCSC)NC(=O)c1ccc(OC)cc1. The lowest BCUT2D eigenvalue weighted by molar-refractivity contribution is -0.136. The van der Waals surface area contributed by atoms with Crippen LogP contribution in [0.4, 0.5) is 14.5 Å². The third-order valence-corrected chi connectivity index (χ3v) is 5.47. The first-order chi connectivity index (χ1) is 15.8. The van der Waals surface area contributed by atoms with Crippen molar-refractivity contribution in [3.63, 3.8) is 0 Å². The van der Waals surface area contributed by atoms with Crippen molar-refractivity contribution >= 4 is 35.2 Å². The number of nitrogens with zero attached hydrogens (tertiary/aromatic N) is 1. The van der Waals surface area contributed by atoms with E-state index >= 15 is 0 Å². The van der Waals surface area contributed by atoms with E-state index in [9.17, 15) is 23.2 Å². The largest absolute Gasteiger partial charge is 0.497 e. The van der Waals surface area contributed by atoms with Gasteiger partial charge in [0.2, 0.25) is 11.8 Å². The van der Waals surface area contributed by atoms with Gasteiger partial charge in [0.25, 0.3) is 5.91 Å². The predicted octanol–water partition coefficient (Wildman–Crippen LogP) is 3.31. The van der Waals surface area contributed by atoms with E-state index in [1.165, 1.54) is 29.8 Å². The topological polar surface area (TPSA) is 87.7 Å². The second-order valence-corrected chi connectivity index (χ2v) is 8.02. The van der Waals surface area contributed by atoms with E-state index in [0.717, 1.165) is 12.1 Å². The number of hydrogen-bond donors (Lipinski definition) is 2. The van der Waals surface area contributed by atoms with Gasteiger partial charge in [0, 0.05) is 12.1 Å². The fraction of sp³-hybridized carbons (Fsp3) is 0.348. The van der Waals surface area contributed by atoms with E-state index in [4.69, 9.17) is 4.74 Å². The van der Waals surface area contributed by atoms with Gasteiger partial charge in [-0.05, 0) is 61.8 Å². The van der Waals surface area contributed by atoms with Gasteiger partial charge in [-0.15, -0.1) is 0 Å². The first-order valence-electron chi connectivity index (χ1n) is 10.3. The third-order valence-electron chi connectivity index (χ3n) is 4.82. The van der Waals surface area contributed by atoms with Gasteiger partial charge in [-0.3, -0.25) is 14.4 Å². The van der Waals surface area contributed by atoms with Crippen LogP contribution < -0.4 is 15.4 Å². The lowest BCUT2D eigenvalue weighted by Crippen LogP contribution is -2.50. The van der Waals surface area contributed by atoms with E-state index in [1.807, 2.05) is 6.26 Å². The molecule has 0 unspecified atom stereocenters. The van der Waals surface area contributed by atoms with Crippen molar-refractivity contribution in [3.05, 3.63) is 59.7 Å². The zero-order valence-electron chi connectivity index (χ0n) is 18.7. The van der Waals surface area contributed by atoms with E-state index in [1.54, 1.807) is 31.2 Å². The molecule has 3 amide bonds.